The molecule has 0 unspecified atom stereocenters. The number of piperazine rings is 1. The smallest absolute Gasteiger partial charge is 0.272 e. The first-order chi connectivity index (χ1) is 14.8. The molecule has 0 saturated carbocycles. The Bertz CT molecular complexity index is 1170. The Hall–Kier alpha value is -3.80. The van der Waals surface area contributed by atoms with E-state index in [9.17, 15) is 4.79 Å². The van der Waals surface area contributed by atoms with Crippen molar-refractivity contribution in [3.63, 3.8) is 0 Å². The summed E-state index contributed by atoms with van der Waals surface area (Å²) in [6.45, 7) is 2.82. The second-order valence-electron chi connectivity index (χ2n) is 7.29. The number of hydrogen-bond acceptors (Lipinski definition) is 5. The van der Waals surface area contributed by atoms with Crippen LogP contribution in [0.25, 0.3) is 22.0 Å². The van der Waals surface area contributed by atoms with Gasteiger partial charge < -0.3 is 9.80 Å². The summed E-state index contributed by atoms with van der Waals surface area (Å²) in [6, 6.07) is 19.6. The van der Waals surface area contributed by atoms with Crippen molar-refractivity contribution in [3.8, 4) is 11.1 Å². The van der Waals surface area contributed by atoms with Gasteiger partial charge in [-0.25, -0.2) is 9.97 Å². The van der Waals surface area contributed by atoms with Crippen LogP contribution in [0.5, 0.6) is 0 Å². The van der Waals surface area contributed by atoms with Crippen LogP contribution in [0.3, 0.4) is 0 Å². The van der Waals surface area contributed by atoms with Crippen LogP contribution in [-0.2, 0) is 0 Å². The summed E-state index contributed by atoms with van der Waals surface area (Å²) in [4.78, 5) is 30.7. The number of aromatic nitrogens is 3. The van der Waals surface area contributed by atoms with E-state index in [2.05, 4.69) is 14.9 Å². The molecule has 4 heterocycles. The molecule has 1 aliphatic rings. The first kappa shape index (κ1) is 18.2. The van der Waals surface area contributed by atoms with E-state index in [0.29, 0.717) is 18.8 Å². The average molecular weight is 395 g/mol. The standard InChI is InChI=1S/C24H21N5O/c30-24(29-14-12-28(13-15-29)22-8-4-5-11-26-22)21-10-9-19-16-25-17-20(23(19)27-21)18-6-2-1-3-7-18/h1-11,16-17H,12-15H2. The van der Waals surface area contributed by atoms with Gasteiger partial charge >= 0.3 is 0 Å². The van der Waals surface area contributed by atoms with Crippen LogP contribution in [0.15, 0.2) is 79.3 Å². The van der Waals surface area contributed by atoms with Gasteiger partial charge in [0.05, 0.1) is 5.52 Å². The second kappa shape index (κ2) is 7.91. The van der Waals surface area contributed by atoms with E-state index in [-0.39, 0.29) is 5.91 Å². The Morgan fingerprint density at radius 1 is 0.833 bits per heavy atom. The lowest BCUT2D eigenvalue weighted by molar-refractivity contribution is 0.0741. The van der Waals surface area contributed by atoms with Crippen molar-refractivity contribution in [2.24, 2.45) is 0 Å². The van der Waals surface area contributed by atoms with Crippen LogP contribution in [-0.4, -0.2) is 51.9 Å². The predicted octanol–water partition coefficient (Wildman–Crippen LogP) is 3.65. The van der Waals surface area contributed by atoms with Crippen molar-refractivity contribution in [2.45, 2.75) is 0 Å². The molecule has 0 radical (unpaired) electrons. The minimum absolute atomic E-state index is 0.0339. The van der Waals surface area contributed by atoms with E-state index < -0.39 is 0 Å². The fourth-order valence-corrected chi connectivity index (χ4v) is 3.83. The van der Waals surface area contributed by atoms with Gasteiger partial charge in [-0.2, -0.15) is 0 Å². The molecule has 1 saturated heterocycles. The summed E-state index contributed by atoms with van der Waals surface area (Å²) in [6.07, 6.45) is 5.39. The number of anilines is 1. The monoisotopic (exact) mass is 395 g/mol. The molecule has 1 aromatic carbocycles. The number of pyridine rings is 3. The van der Waals surface area contributed by atoms with Gasteiger partial charge in [-0.15, -0.1) is 0 Å². The molecule has 6 nitrogen and oxygen atoms in total. The highest BCUT2D eigenvalue weighted by Crippen LogP contribution is 2.26. The van der Waals surface area contributed by atoms with Gasteiger partial charge in [0, 0.05) is 55.7 Å². The van der Waals surface area contributed by atoms with Gasteiger partial charge in [-0.1, -0.05) is 36.4 Å². The Labute approximate surface area is 174 Å². The Morgan fingerprint density at radius 3 is 2.40 bits per heavy atom. The summed E-state index contributed by atoms with van der Waals surface area (Å²) < 4.78 is 0. The lowest BCUT2D eigenvalue weighted by Crippen LogP contribution is -2.49. The summed E-state index contributed by atoms with van der Waals surface area (Å²) in [5.41, 5.74) is 3.24. The number of fused-ring (bicyclic) bond motifs is 1. The molecule has 0 N–H and O–H groups in total. The number of amides is 1. The molecule has 0 aliphatic carbocycles. The van der Waals surface area contributed by atoms with Crippen LogP contribution in [0.2, 0.25) is 0 Å². The molecule has 0 bridgehead atoms. The van der Waals surface area contributed by atoms with E-state index in [1.807, 2.05) is 65.7 Å². The van der Waals surface area contributed by atoms with Crippen molar-refractivity contribution >= 4 is 22.6 Å². The number of carbonyl (C=O) groups excluding carboxylic acids is 1. The number of benzene rings is 1. The molecule has 0 atom stereocenters. The lowest BCUT2D eigenvalue weighted by Gasteiger charge is -2.35. The van der Waals surface area contributed by atoms with E-state index in [0.717, 1.165) is 40.9 Å². The number of carbonyl (C=O) groups is 1. The zero-order valence-corrected chi connectivity index (χ0v) is 16.5. The van der Waals surface area contributed by atoms with E-state index >= 15 is 0 Å². The van der Waals surface area contributed by atoms with Crippen LogP contribution >= 0.6 is 0 Å². The minimum Gasteiger partial charge on any atom is -0.353 e. The molecule has 1 fully saturated rings. The molecule has 6 heteroatoms. The third-order valence-corrected chi connectivity index (χ3v) is 5.44. The summed E-state index contributed by atoms with van der Waals surface area (Å²) in [5.74, 6) is 0.918. The van der Waals surface area contributed by atoms with Gasteiger partial charge in [0.2, 0.25) is 0 Å². The fourth-order valence-electron chi connectivity index (χ4n) is 3.83. The lowest BCUT2D eigenvalue weighted by atomic mass is 10.0. The Kier molecular flexibility index (Phi) is 4.81. The SMILES string of the molecule is O=C(c1ccc2cncc(-c3ccccc3)c2n1)N1CCN(c2ccccn2)CC1. The zero-order valence-electron chi connectivity index (χ0n) is 16.5. The van der Waals surface area contributed by atoms with E-state index in [1.54, 1.807) is 18.5 Å². The van der Waals surface area contributed by atoms with Gasteiger partial charge in [-0.05, 0) is 29.8 Å². The van der Waals surface area contributed by atoms with Crippen molar-refractivity contribution in [2.75, 3.05) is 31.1 Å². The third kappa shape index (κ3) is 3.48. The van der Waals surface area contributed by atoms with Crippen molar-refractivity contribution in [3.05, 3.63) is 84.9 Å². The molecule has 1 aliphatic heterocycles. The van der Waals surface area contributed by atoms with Gasteiger partial charge in [0.15, 0.2) is 0 Å². The normalized spacial score (nSPS) is 14.1. The molecule has 0 spiro atoms. The summed E-state index contributed by atoms with van der Waals surface area (Å²) in [7, 11) is 0. The van der Waals surface area contributed by atoms with E-state index in [4.69, 9.17) is 4.98 Å². The average Bonchev–Trinajstić information content (AvgIpc) is 2.84. The predicted molar refractivity (Wildman–Crippen MR) is 117 cm³/mol. The molecule has 4 aromatic rings. The van der Waals surface area contributed by atoms with Crippen LogP contribution < -0.4 is 4.90 Å². The molecule has 3 aromatic heterocycles. The first-order valence-corrected chi connectivity index (χ1v) is 10.0. The maximum absolute atomic E-state index is 13.1. The first-order valence-electron chi connectivity index (χ1n) is 10.0. The molecular formula is C24H21N5O. The molecule has 30 heavy (non-hydrogen) atoms. The second-order valence-corrected chi connectivity index (χ2v) is 7.29. The number of rotatable bonds is 3. The van der Waals surface area contributed by atoms with Crippen molar-refractivity contribution in [1.82, 2.24) is 19.9 Å². The quantitative estimate of drug-likeness (QED) is 0.530. The molecule has 1 amide bonds. The van der Waals surface area contributed by atoms with Crippen LogP contribution in [0, 0.1) is 0 Å². The maximum Gasteiger partial charge on any atom is 0.272 e. The summed E-state index contributed by atoms with van der Waals surface area (Å²) in [5, 5.41) is 0.924. The highest BCUT2D eigenvalue weighted by atomic mass is 16.2. The highest BCUT2D eigenvalue weighted by Gasteiger charge is 2.24. The van der Waals surface area contributed by atoms with Crippen LogP contribution in [0.4, 0.5) is 5.82 Å². The Balaban J connectivity index is 1.39. The zero-order chi connectivity index (χ0) is 20.3. The van der Waals surface area contributed by atoms with Gasteiger partial charge in [-0.3, -0.25) is 9.78 Å². The molecule has 5 rings (SSSR count). The summed E-state index contributed by atoms with van der Waals surface area (Å²) >= 11 is 0. The third-order valence-electron chi connectivity index (χ3n) is 5.44. The fraction of sp³-hybridized carbons (Fsp3) is 0.167. The highest BCUT2D eigenvalue weighted by molar-refractivity contribution is 5.98. The maximum atomic E-state index is 13.1. The topological polar surface area (TPSA) is 62.2 Å². The number of hydrogen-bond donors (Lipinski definition) is 0. The number of nitrogens with zero attached hydrogens (tertiary/aromatic N) is 5. The van der Waals surface area contributed by atoms with Crippen molar-refractivity contribution in [1.29, 1.82) is 0 Å². The van der Waals surface area contributed by atoms with Gasteiger partial charge in [0.1, 0.15) is 11.5 Å². The molecular weight excluding hydrogens is 374 g/mol. The van der Waals surface area contributed by atoms with E-state index in [1.165, 1.54) is 0 Å². The molecule has 148 valence electrons. The van der Waals surface area contributed by atoms with Crippen LogP contribution in [0.1, 0.15) is 10.5 Å². The van der Waals surface area contributed by atoms with Crippen molar-refractivity contribution < 1.29 is 4.79 Å². The largest absolute Gasteiger partial charge is 0.353 e. The Morgan fingerprint density at radius 2 is 1.63 bits per heavy atom. The minimum atomic E-state index is -0.0339. The van der Waals surface area contributed by atoms with Gasteiger partial charge in [0.25, 0.3) is 5.91 Å².